The predicted octanol–water partition coefficient (Wildman–Crippen LogP) is 1.22. The molecule has 0 aliphatic rings. The average Bonchev–Trinajstić information content (AvgIpc) is 2.14. The van der Waals surface area contributed by atoms with Crippen molar-refractivity contribution in [2.45, 2.75) is 6.92 Å². The Kier molecular flexibility index (Phi) is 1.84. The van der Waals surface area contributed by atoms with E-state index >= 15 is 0 Å². The zero-order valence-corrected chi connectivity index (χ0v) is 6.97. The summed E-state index contributed by atoms with van der Waals surface area (Å²) in [5, 5.41) is 6.40. The monoisotopic (exact) mass is 236 g/mol. The molecule has 1 rings (SSSR count). The van der Waals surface area contributed by atoms with Crippen molar-refractivity contribution in [3.8, 4) is 0 Å². The van der Waals surface area contributed by atoms with Crippen LogP contribution in [0.5, 0.6) is 0 Å². The number of aromatic nitrogens is 2. The van der Waals surface area contributed by atoms with Crippen molar-refractivity contribution in [3.63, 3.8) is 0 Å². The number of aromatic amines is 1. The first kappa shape index (κ1) is 6.73. The first-order valence-electron chi connectivity index (χ1n) is 2.42. The van der Waals surface area contributed by atoms with Gasteiger partial charge in [0.25, 0.3) is 0 Å². The third kappa shape index (κ3) is 1.51. The molecule has 0 aliphatic heterocycles. The summed E-state index contributed by atoms with van der Waals surface area (Å²) in [7, 11) is 0. The third-order valence-corrected chi connectivity index (χ3v) is 1.46. The molecular weight excluding hydrogens is 231 g/mol. The fraction of sp³-hybridized carbons (Fsp3) is 0.200. The number of nitrogens with one attached hydrogen (secondary N) is 1. The van der Waals surface area contributed by atoms with Gasteiger partial charge in [-0.05, 0) is 22.6 Å². The van der Waals surface area contributed by atoms with E-state index in [1.807, 2.05) is 0 Å². The second-order valence-corrected chi connectivity index (χ2v) is 2.82. The number of ketones is 1. The molecule has 0 spiro atoms. The van der Waals surface area contributed by atoms with Gasteiger partial charge in [0.15, 0.2) is 5.78 Å². The first-order valence-corrected chi connectivity index (χ1v) is 3.50. The zero-order valence-electron chi connectivity index (χ0n) is 4.81. The largest absolute Gasteiger partial charge is 0.293 e. The fourth-order valence-electron chi connectivity index (χ4n) is 0.479. The minimum Gasteiger partial charge on any atom is -0.293 e. The van der Waals surface area contributed by atoms with E-state index in [9.17, 15) is 4.79 Å². The van der Waals surface area contributed by atoms with Crippen LogP contribution >= 0.6 is 22.6 Å². The highest BCUT2D eigenvalue weighted by Crippen LogP contribution is 2.01. The van der Waals surface area contributed by atoms with Crippen LogP contribution in [-0.4, -0.2) is 16.0 Å². The molecule has 0 fully saturated rings. The van der Waals surface area contributed by atoms with Crippen molar-refractivity contribution in [3.05, 3.63) is 15.5 Å². The van der Waals surface area contributed by atoms with Crippen LogP contribution < -0.4 is 0 Å². The van der Waals surface area contributed by atoms with Gasteiger partial charge in [-0.2, -0.15) is 5.10 Å². The number of H-pyrrole nitrogens is 1. The molecule has 0 saturated carbocycles. The molecule has 0 saturated heterocycles. The molecule has 0 radical (unpaired) electrons. The van der Waals surface area contributed by atoms with Crippen molar-refractivity contribution in [1.82, 2.24) is 10.2 Å². The van der Waals surface area contributed by atoms with Gasteiger partial charge in [-0.1, -0.05) is 0 Å². The molecule has 9 heavy (non-hydrogen) atoms. The van der Waals surface area contributed by atoms with E-state index in [1.54, 1.807) is 6.07 Å². The normalized spacial score (nSPS) is 9.56. The van der Waals surface area contributed by atoms with Gasteiger partial charge in [0, 0.05) is 13.0 Å². The number of carbonyl (C=O) groups is 1. The van der Waals surface area contributed by atoms with Crippen LogP contribution in [0.3, 0.4) is 0 Å². The van der Waals surface area contributed by atoms with E-state index in [0.29, 0.717) is 5.69 Å². The molecule has 4 heteroatoms. The topological polar surface area (TPSA) is 45.8 Å². The van der Waals surface area contributed by atoms with E-state index in [2.05, 4.69) is 32.8 Å². The lowest BCUT2D eigenvalue weighted by atomic mass is 10.3. The Morgan fingerprint density at radius 1 is 1.89 bits per heavy atom. The molecule has 48 valence electrons. The van der Waals surface area contributed by atoms with Crippen LogP contribution in [-0.2, 0) is 0 Å². The highest BCUT2D eigenvalue weighted by molar-refractivity contribution is 14.1. The molecule has 0 aromatic carbocycles. The number of halogens is 1. The van der Waals surface area contributed by atoms with E-state index in [4.69, 9.17) is 0 Å². The Morgan fingerprint density at radius 3 is 2.78 bits per heavy atom. The molecule has 0 amide bonds. The van der Waals surface area contributed by atoms with Gasteiger partial charge in [-0.15, -0.1) is 0 Å². The fourth-order valence-corrected chi connectivity index (χ4v) is 0.894. The molecule has 3 nitrogen and oxygen atoms in total. The van der Waals surface area contributed by atoms with Crippen LogP contribution in [0, 0.1) is 3.70 Å². The maximum atomic E-state index is 10.6. The molecule has 1 aromatic rings. The highest BCUT2D eigenvalue weighted by atomic mass is 127. The molecule has 1 aromatic heterocycles. The van der Waals surface area contributed by atoms with Gasteiger partial charge < -0.3 is 0 Å². The molecular formula is C5H5IN2O. The van der Waals surface area contributed by atoms with Gasteiger partial charge >= 0.3 is 0 Å². The Bertz CT molecular complexity index is 231. The smallest absolute Gasteiger partial charge is 0.180 e. The maximum absolute atomic E-state index is 10.6. The number of carbonyl (C=O) groups excluding carboxylic acids is 1. The minimum atomic E-state index is -0.00540. The number of rotatable bonds is 1. The van der Waals surface area contributed by atoms with Gasteiger partial charge in [-0.25, -0.2) is 0 Å². The molecule has 1 N–H and O–H groups in total. The van der Waals surface area contributed by atoms with Crippen LogP contribution in [0.15, 0.2) is 6.07 Å². The lowest BCUT2D eigenvalue weighted by Crippen LogP contribution is -1.90. The summed E-state index contributed by atoms with van der Waals surface area (Å²) < 4.78 is 0.887. The summed E-state index contributed by atoms with van der Waals surface area (Å²) in [6.07, 6.45) is 0. The number of hydrogen-bond donors (Lipinski definition) is 1. The van der Waals surface area contributed by atoms with Crippen LogP contribution in [0.2, 0.25) is 0 Å². The molecule has 0 atom stereocenters. The summed E-state index contributed by atoms with van der Waals surface area (Å²) in [5.74, 6) is -0.00540. The summed E-state index contributed by atoms with van der Waals surface area (Å²) in [6.45, 7) is 1.49. The lowest BCUT2D eigenvalue weighted by Gasteiger charge is -1.78. The van der Waals surface area contributed by atoms with E-state index < -0.39 is 0 Å². The van der Waals surface area contributed by atoms with Crippen molar-refractivity contribution < 1.29 is 4.79 Å². The third-order valence-electron chi connectivity index (χ3n) is 0.907. The highest BCUT2D eigenvalue weighted by Gasteiger charge is 2.01. The quantitative estimate of drug-likeness (QED) is 0.588. The number of hydrogen-bond acceptors (Lipinski definition) is 2. The molecule has 0 unspecified atom stereocenters. The van der Waals surface area contributed by atoms with E-state index in [1.165, 1.54) is 6.92 Å². The molecule has 0 aliphatic carbocycles. The predicted molar refractivity (Wildman–Crippen MR) is 41.3 cm³/mol. The minimum absolute atomic E-state index is 0.00540. The van der Waals surface area contributed by atoms with E-state index in [0.717, 1.165) is 3.70 Å². The summed E-state index contributed by atoms with van der Waals surface area (Å²) >= 11 is 2.06. The molecule has 0 bridgehead atoms. The summed E-state index contributed by atoms with van der Waals surface area (Å²) in [4.78, 5) is 10.6. The number of nitrogens with zero attached hydrogens (tertiary/aromatic N) is 1. The second kappa shape index (κ2) is 2.47. The van der Waals surface area contributed by atoms with Crippen LogP contribution in [0.1, 0.15) is 17.4 Å². The van der Waals surface area contributed by atoms with Crippen LogP contribution in [0.4, 0.5) is 0 Å². The van der Waals surface area contributed by atoms with Gasteiger partial charge in [0.2, 0.25) is 0 Å². The summed E-state index contributed by atoms with van der Waals surface area (Å²) in [6, 6.07) is 1.71. The Hall–Kier alpha value is -0.390. The molecule has 1 heterocycles. The Balaban J connectivity index is 2.98. The standard InChI is InChI=1S/C5H5IN2O/c1-3(9)4-2-5(6)8-7-4/h2H,1H3,(H,7,8). The maximum Gasteiger partial charge on any atom is 0.180 e. The first-order chi connectivity index (χ1) is 4.20. The van der Waals surface area contributed by atoms with Crippen molar-refractivity contribution in [1.29, 1.82) is 0 Å². The zero-order chi connectivity index (χ0) is 6.85. The SMILES string of the molecule is CC(=O)c1cc(I)[nH]n1. The van der Waals surface area contributed by atoms with Gasteiger partial charge in [-0.3, -0.25) is 9.89 Å². The van der Waals surface area contributed by atoms with Gasteiger partial charge in [0.1, 0.15) is 5.69 Å². The van der Waals surface area contributed by atoms with Gasteiger partial charge in [0.05, 0.1) is 3.70 Å². The van der Waals surface area contributed by atoms with Crippen molar-refractivity contribution in [2.24, 2.45) is 0 Å². The van der Waals surface area contributed by atoms with Crippen LogP contribution in [0.25, 0.3) is 0 Å². The Labute approximate surface area is 66.0 Å². The Morgan fingerprint density at radius 2 is 2.56 bits per heavy atom. The average molecular weight is 236 g/mol. The lowest BCUT2D eigenvalue weighted by molar-refractivity contribution is 0.101. The van der Waals surface area contributed by atoms with E-state index in [-0.39, 0.29) is 5.78 Å². The second-order valence-electron chi connectivity index (χ2n) is 1.66. The van der Waals surface area contributed by atoms with Crippen molar-refractivity contribution in [2.75, 3.05) is 0 Å². The van der Waals surface area contributed by atoms with Crippen molar-refractivity contribution >= 4 is 28.4 Å². The summed E-state index contributed by atoms with van der Waals surface area (Å²) in [5.41, 5.74) is 0.499. The number of Topliss-reactive ketones (excluding diaryl/α,β-unsaturated/α-hetero) is 1.